The first kappa shape index (κ1) is 15.5. The van der Waals surface area contributed by atoms with Crippen LogP contribution >= 0.6 is 0 Å². The Hall–Kier alpha value is -0.590. The number of nitriles is 1. The van der Waals surface area contributed by atoms with Gasteiger partial charge in [-0.3, -0.25) is 0 Å². The summed E-state index contributed by atoms with van der Waals surface area (Å²) in [7, 11) is 0. The van der Waals surface area contributed by atoms with Crippen molar-refractivity contribution < 1.29 is 4.74 Å². The first-order valence-electron chi connectivity index (χ1n) is 7.32. The van der Waals surface area contributed by atoms with Gasteiger partial charge in [0.2, 0.25) is 0 Å². The standard InChI is InChI=1S/C15H28N2O/c1-4-14-13(7-10-18-14)11-17-9-6-5-8-15(2,3)12-16/h13-14,17H,4-11H2,1-3H3. The second-order valence-electron chi connectivity index (χ2n) is 6.02. The summed E-state index contributed by atoms with van der Waals surface area (Å²) in [5, 5.41) is 12.5. The highest BCUT2D eigenvalue weighted by molar-refractivity contribution is 4.91. The molecule has 1 aliphatic heterocycles. The van der Waals surface area contributed by atoms with Gasteiger partial charge in [0.1, 0.15) is 0 Å². The molecule has 1 fully saturated rings. The smallest absolute Gasteiger partial charge is 0.0683 e. The SMILES string of the molecule is CCC1OCCC1CNCCCCC(C)(C)C#N. The topological polar surface area (TPSA) is 45.0 Å². The van der Waals surface area contributed by atoms with E-state index in [2.05, 4.69) is 18.3 Å². The summed E-state index contributed by atoms with van der Waals surface area (Å²) in [6, 6.07) is 2.35. The molecule has 18 heavy (non-hydrogen) atoms. The van der Waals surface area contributed by atoms with Crippen LogP contribution in [0.3, 0.4) is 0 Å². The van der Waals surface area contributed by atoms with Gasteiger partial charge in [0.15, 0.2) is 0 Å². The fraction of sp³-hybridized carbons (Fsp3) is 0.933. The number of unbranched alkanes of at least 4 members (excludes halogenated alkanes) is 1. The third kappa shape index (κ3) is 5.37. The third-order valence-electron chi connectivity index (χ3n) is 3.86. The van der Waals surface area contributed by atoms with Crippen molar-refractivity contribution in [2.75, 3.05) is 19.7 Å². The minimum Gasteiger partial charge on any atom is -0.378 e. The third-order valence-corrected chi connectivity index (χ3v) is 3.86. The first-order valence-corrected chi connectivity index (χ1v) is 7.32. The summed E-state index contributed by atoms with van der Waals surface area (Å²) in [6.45, 7) is 9.31. The van der Waals surface area contributed by atoms with Crippen molar-refractivity contribution in [3.63, 3.8) is 0 Å². The molecule has 1 saturated heterocycles. The Bertz CT molecular complexity index is 270. The number of ether oxygens (including phenoxy) is 1. The minimum absolute atomic E-state index is 0.160. The van der Waals surface area contributed by atoms with Crippen LogP contribution in [0.1, 0.15) is 52.9 Å². The van der Waals surface area contributed by atoms with Crippen LogP contribution in [-0.2, 0) is 4.74 Å². The maximum atomic E-state index is 8.92. The van der Waals surface area contributed by atoms with Gasteiger partial charge < -0.3 is 10.1 Å². The van der Waals surface area contributed by atoms with Crippen LogP contribution in [0.4, 0.5) is 0 Å². The van der Waals surface area contributed by atoms with E-state index in [-0.39, 0.29) is 5.41 Å². The number of hydrogen-bond donors (Lipinski definition) is 1. The number of nitrogens with zero attached hydrogens (tertiary/aromatic N) is 1. The van der Waals surface area contributed by atoms with E-state index in [1.165, 1.54) is 6.42 Å². The molecule has 0 aromatic heterocycles. The van der Waals surface area contributed by atoms with Gasteiger partial charge in [0.05, 0.1) is 17.6 Å². The predicted molar refractivity (Wildman–Crippen MR) is 74.3 cm³/mol. The molecule has 0 spiro atoms. The van der Waals surface area contributed by atoms with Gasteiger partial charge in [0.25, 0.3) is 0 Å². The van der Waals surface area contributed by atoms with Crippen molar-refractivity contribution in [3.8, 4) is 6.07 Å². The molecule has 0 bridgehead atoms. The lowest BCUT2D eigenvalue weighted by molar-refractivity contribution is 0.0873. The number of hydrogen-bond acceptors (Lipinski definition) is 3. The summed E-state index contributed by atoms with van der Waals surface area (Å²) in [5.41, 5.74) is -0.160. The molecule has 2 unspecified atom stereocenters. The van der Waals surface area contributed by atoms with E-state index in [4.69, 9.17) is 10.00 Å². The van der Waals surface area contributed by atoms with Crippen molar-refractivity contribution in [1.29, 1.82) is 5.26 Å². The summed E-state index contributed by atoms with van der Waals surface area (Å²) >= 11 is 0. The Morgan fingerprint density at radius 2 is 2.17 bits per heavy atom. The molecule has 1 heterocycles. The average Bonchev–Trinajstić information content (AvgIpc) is 2.81. The van der Waals surface area contributed by atoms with Crippen LogP contribution in [0, 0.1) is 22.7 Å². The van der Waals surface area contributed by atoms with Gasteiger partial charge in [-0.15, -0.1) is 0 Å². The molecule has 0 aromatic carbocycles. The lowest BCUT2D eigenvalue weighted by Gasteiger charge is -2.18. The quantitative estimate of drug-likeness (QED) is 0.675. The Labute approximate surface area is 112 Å². The predicted octanol–water partition coefficient (Wildman–Crippen LogP) is 3.11. The van der Waals surface area contributed by atoms with E-state index in [1.54, 1.807) is 0 Å². The largest absolute Gasteiger partial charge is 0.378 e. The van der Waals surface area contributed by atoms with Crippen molar-refractivity contribution in [1.82, 2.24) is 5.32 Å². The van der Waals surface area contributed by atoms with Gasteiger partial charge in [-0.2, -0.15) is 5.26 Å². The van der Waals surface area contributed by atoms with Crippen LogP contribution < -0.4 is 5.32 Å². The number of nitrogens with one attached hydrogen (secondary N) is 1. The van der Waals surface area contributed by atoms with Gasteiger partial charge in [-0.25, -0.2) is 0 Å². The monoisotopic (exact) mass is 252 g/mol. The molecule has 104 valence electrons. The number of rotatable bonds is 8. The molecule has 1 aliphatic rings. The zero-order chi connectivity index (χ0) is 13.4. The average molecular weight is 252 g/mol. The maximum Gasteiger partial charge on any atom is 0.0683 e. The van der Waals surface area contributed by atoms with Crippen molar-refractivity contribution in [2.24, 2.45) is 11.3 Å². The molecule has 0 saturated carbocycles. The van der Waals surface area contributed by atoms with Gasteiger partial charge in [-0.05, 0) is 52.0 Å². The Kier molecular flexibility index (Phi) is 6.67. The second kappa shape index (κ2) is 7.76. The zero-order valence-electron chi connectivity index (χ0n) is 12.2. The van der Waals surface area contributed by atoms with E-state index in [0.717, 1.165) is 45.4 Å². The lowest BCUT2D eigenvalue weighted by atomic mass is 9.89. The molecule has 2 atom stereocenters. The highest BCUT2D eigenvalue weighted by Gasteiger charge is 2.25. The van der Waals surface area contributed by atoms with Crippen molar-refractivity contribution >= 4 is 0 Å². The van der Waals surface area contributed by atoms with E-state index in [1.807, 2.05) is 13.8 Å². The second-order valence-corrected chi connectivity index (χ2v) is 6.02. The first-order chi connectivity index (χ1) is 8.59. The molecule has 3 nitrogen and oxygen atoms in total. The van der Waals surface area contributed by atoms with Gasteiger partial charge in [-0.1, -0.05) is 13.3 Å². The summed E-state index contributed by atoms with van der Waals surface area (Å²) < 4.78 is 5.68. The highest BCUT2D eigenvalue weighted by atomic mass is 16.5. The molecule has 3 heteroatoms. The van der Waals surface area contributed by atoms with Crippen LogP contribution in [-0.4, -0.2) is 25.8 Å². The Balaban J connectivity index is 2.01. The lowest BCUT2D eigenvalue weighted by Crippen LogP contribution is -2.29. The molecular weight excluding hydrogens is 224 g/mol. The van der Waals surface area contributed by atoms with Crippen molar-refractivity contribution in [2.45, 2.75) is 59.0 Å². The van der Waals surface area contributed by atoms with E-state index in [9.17, 15) is 0 Å². The molecule has 0 aliphatic carbocycles. The Morgan fingerprint density at radius 1 is 1.39 bits per heavy atom. The van der Waals surface area contributed by atoms with E-state index >= 15 is 0 Å². The normalized spacial score (nSPS) is 24.1. The summed E-state index contributed by atoms with van der Waals surface area (Å²) in [6.07, 6.45) is 6.09. The van der Waals surface area contributed by atoms with E-state index in [0.29, 0.717) is 12.0 Å². The van der Waals surface area contributed by atoms with Crippen LogP contribution in [0.5, 0.6) is 0 Å². The summed E-state index contributed by atoms with van der Waals surface area (Å²) in [5.74, 6) is 0.700. The fourth-order valence-corrected chi connectivity index (χ4v) is 2.54. The minimum atomic E-state index is -0.160. The van der Waals surface area contributed by atoms with Gasteiger partial charge in [0, 0.05) is 13.2 Å². The van der Waals surface area contributed by atoms with Gasteiger partial charge >= 0.3 is 0 Å². The van der Waals surface area contributed by atoms with Crippen molar-refractivity contribution in [3.05, 3.63) is 0 Å². The molecule has 0 amide bonds. The van der Waals surface area contributed by atoms with E-state index < -0.39 is 0 Å². The zero-order valence-corrected chi connectivity index (χ0v) is 12.2. The molecular formula is C15H28N2O. The maximum absolute atomic E-state index is 8.92. The molecule has 1 rings (SSSR count). The van der Waals surface area contributed by atoms with Crippen LogP contribution in [0.15, 0.2) is 0 Å². The molecule has 0 radical (unpaired) electrons. The molecule has 1 N–H and O–H groups in total. The van der Waals surface area contributed by atoms with Crippen LogP contribution in [0.25, 0.3) is 0 Å². The molecule has 0 aromatic rings. The Morgan fingerprint density at radius 3 is 2.83 bits per heavy atom. The van der Waals surface area contributed by atoms with Crippen LogP contribution in [0.2, 0.25) is 0 Å². The fourth-order valence-electron chi connectivity index (χ4n) is 2.54. The summed E-state index contributed by atoms with van der Waals surface area (Å²) in [4.78, 5) is 0. The highest BCUT2D eigenvalue weighted by Crippen LogP contribution is 2.23.